The molecule has 0 aliphatic carbocycles. The SMILES string of the molecule is COc1ccc(C2=NN(CCc3ccc(NC(=O)c4ccco4)cc3)CCC2)cc1OC. The number of nitrogens with one attached hydrogen (secondary N) is 1. The van der Waals surface area contributed by atoms with Gasteiger partial charge in [0.05, 0.1) is 26.2 Å². The van der Waals surface area contributed by atoms with Gasteiger partial charge in [0.15, 0.2) is 17.3 Å². The fourth-order valence-corrected chi connectivity index (χ4v) is 3.69. The second-order valence-electron chi connectivity index (χ2n) is 7.55. The Morgan fingerprint density at radius 1 is 1.09 bits per heavy atom. The number of hydrazone groups is 1. The van der Waals surface area contributed by atoms with Crippen LogP contribution in [-0.4, -0.2) is 43.9 Å². The lowest BCUT2D eigenvalue weighted by Gasteiger charge is -2.26. The number of anilines is 1. The number of ether oxygens (including phenoxy) is 2. The van der Waals surface area contributed by atoms with Crippen LogP contribution in [0.3, 0.4) is 0 Å². The van der Waals surface area contributed by atoms with Crippen molar-refractivity contribution in [2.24, 2.45) is 5.10 Å². The standard InChI is InChI=1S/C25H27N3O4/c1-30-22-12-9-19(17-24(22)31-2)21-5-3-14-28(27-21)15-13-18-7-10-20(11-8-18)26-25(29)23-6-4-16-32-23/h4,6-12,16-17H,3,5,13-15H2,1-2H3,(H,26,29). The molecule has 1 aliphatic rings. The van der Waals surface area contributed by atoms with E-state index in [4.69, 9.17) is 19.0 Å². The first-order valence-corrected chi connectivity index (χ1v) is 10.6. The summed E-state index contributed by atoms with van der Waals surface area (Å²) >= 11 is 0. The van der Waals surface area contributed by atoms with Crippen LogP contribution in [0.15, 0.2) is 70.4 Å². The number of methoxy groups -OCH3 is 2. The molecule has 1 aromatic heterocycles. The van der Waals surface area contributed by atoms with Crippen molar-refractivity contribution in [2.45, 2.75) is 19.3 Å². The molecule has 0 atom stereocenters. The second-order valence-corrected chi connectivity index (χ2v) is 7.55. The number of rotatable bonds is 8. The summed E-state index contributed by atoms with van der Waals surface area (Å²) in [6.07, 6.45) is 4.35. The fraction of sp³-hybridized carbons (Fsp3) is 0.280. The molecule has 0 saturated carbocycles. The number of carbonyl (C=O) groups is 1. The third-order valence-corrected chi connectivity index (χ3v) is 5.42. The van der Waals surface area contributed by atoms with Gasteiger partial charge in [-0.3, -0.25) is 9.80 Å². The predicted molar refractivity (Wildman–Crippen MR) is 124 cm³/mol. The van der Waals surface area contributed by atoms with Crippen molar-refractivity contribution in [1.29, 1.82) is 0 Å². The first kappa shape index (κ1) is 21.5. The summed E-state index contributed by atoms with van der Waals surface area (Å²) < 4.78 is 15.9. The Kier molecular flexibility index (Phi) is 6.75. The van der Waals surface area contributed by atoms with E-state index < -0.39 is 0 Å². The van der Waals surface area contributed by atoms with E-state index in [0.717, 1.165) is 49.3 Å². The topological polar surface area (TPSA) is 76.3 Å². The average molecular weight is 434 g/mol. The van der Waals surface area contributed by atoms with Gasteiger partial charge in [-0.1, -0.05) is 12.1 Å². The molecule has 0 fully saturated rings. The lowest BCUT2D eigenvalue weighted by atomic mass is 10.0. The number of furan rings is 1. The van der Waals surface area contributed by atoms with Gasteiger partial charge in [0.2, 0.25) is 0 Å². The van der Waals surface area contributed by atoms with Crippen LogP contribution in [-0.2, 0) is 6.42 Å². The summed E-state index contributed by atoms with van der Waals surface area (Å²) in [4.78, 5) is 12.1. The average Bonchev–Trinajstić information content (AvgIpc) is 3.39. The third kappa shape index (κ3) is 5.11. The number of amides is 1. The molecule has 1 amide bonds. The molecule has 0 spiro atoms. The third-order valence-electron chi connectivity index (χ3n) is 5.42. The number of hydrogen-bond acceptors (Lipinski definition) is 6. The molecule has 4 rings (SSSR count). The quantitative estimate of drug-likeness (QED) is 0.562. The summed E-state index contributed by atoms with van der Waals surface area (Å²) in [7, 11) is 3.28. The van der Waals surface area contributed by atoms with E-state index >= 15 is 0 Å². The maximum absolute atomic E-state index is 12.1. The zero-order valence-corrected chi connectivity index (χ0v) is 18.3. The molecule has 166 valence electrons. The highest BCUT2D eigenvalue weighted by Crippen LogP contribution is 2.29. The van der Waals surface area contributed by atoms with Gasteiger partial charge in [0.25, 0.3) is 5.91 Å². The van der Waals surface area contributed by atoms with Gasteiger partial charge in [-0.2, -0.15) is 5.10 Å². The van der Waals surface area contributed by atoms with Crippen LogP contribution in [0.1, 0.15) is 34.5 Å². The summed E-state index contributed by atoms with van der Waals surface area (Å²) in [5.74, 6) is 1.47. The molecule has 0 radical (unpaired) electrons. The highest BCUT2D eigenvalue weighted by Gasteiger charge is 2.16. The fourth-order valence-electron chi connectivity index (χ4n) is 3.69. The molecule has 32 heavy (non-hydrogen) atoms. The smallest absolute Gasteiger partial charge is 0.291 e. The van der Waals surface area contributed by atoms with E-state index in [1.165, 1.54) is 11.8 Å². The molecule has 2 aromatic carbocycles. The number of hydrogen-bond donors (Lipinski definition) is 1. The van der Waals surface area contributed by atoms with E-state index in [2.05, 4.69) is 10.3 Å². The molecule has 0 bridgehead atoms. The first-order valence-electron chi connectivity index (χ1n) is 10.6. The number of carbonyl (C=O) groups excluding carboxylic acids is 1. The van der Waals surface area contributed by atoms with Crippen molar-refractivity contribution in [2.75, 3.05) is 32.6 Å². The van der Waals surface area contributed by atoms with Gasteiger partial charge in [0.1, 0.15) is 0 Å². The molecule has 2 heterocycles. The molecule has 7 nitrogen and oxygen atoms in total. The monoisotopic (exact) mass is 433 g/mol. The maximum Gasteiger partial charge on any atom is 0.291 e. The maximum atomic E-state index is 12.1. The Bertz CT molecular complexity index is 1080. The summed E-state index contributed by atoms with van der Waals surface area (Å²) in [6.45, 7) is 1.77. The van der Waals surface area contributed by atoms with E-state index in [-0.39, 0.29) is 5.91 Å². The zero-order chi connectivity index (χ0) is 22.3. The van der Waals surface area contributed by atoms with Crippen molar-refractivity contribution in [1.82, 2.24) is 5.01 Å². The van der Waals surface area contributed by atoms with Gasteiger partial charge < -0.3 is 19.2 Å². The Balaban J connectivity index is 1.36. The normalized spacial score (nSPS) is 13.4. The Morgan fingerprint density at radius 3 is 2.62 bits per heavy atom. The second kappa shape index (κ2) is 10.0. The van der Waals surface area contributed by atoms with Crippen LogP contribution in [0.25, 0.3) is 0 Å². The molecule has 3 aromatic rings. The van der Waals surface area contributed by atoms with Gasteiger partial charge in [0, 0.05) is 24.3 Å². The van der Waals surface area contributed by atoms with Crippen molar-refractivity contribution in [3.8, 4) is 11.5 Å². The summed E-state index contributed by atoms with van der Waals surface area (Å²) in [6, 6.07) is 17.1. The van der Waals surface area contributed by atoms with Gasteiger partial charge in [-0.25, -0.2) is 0 Å². The molecule has 7 heteroatoms. The lowest BCUT2D eigenvalue weighted by Crippen LogP contribution is -2.28. The predicted octanol–water partition coefficient (Wildman–Crippen LogP) is 4.59. The van der Waals surface area contributed by atoms with Crippen molar-refractivity contribution in [3.63, 3.8) is 0 Å². The first-order chi connectivity index (χ1) is 15.7. The lowest BCUT2D eigenvalue weighted by molar-refractivity contribution is 0.0996. The Hall–Kier alpha value is -3.74. The summed E-state index contributed by atoms with van der Waals surface area (Å²) in [5.41, 5.74) is 4.05. The molecular weight excluding hydrogens is 406 g/mol. The molecule has 0 unspecified atom stereocenters. The van der Waals surface area contributed by atoms with Gasteiger partial charge in [-0.15, -0.1) is 0 Å². The van der Waals surface area contributed by atoms with Crippen LogP contribution in [0, 0.1) is 0 Å². The van der Waals surface area contributed by atoms with E-state index in [1.807, 2.05) is 42.5 Å². The van der Waals surface area contributed by atoms with Crippen LogP contribution in [0.2, 0.25) is 0 Å². The number of benzene rings is 2. The van der Waals surface area contributed by atoms with E-state index in [0.29, 0.717) is 17.3 Å². The van der Waals surface area contributed by atoms with Crippen LogP contribution in [0.4, 0.5) is 5.69 Å². The van der Waals surface area contributed by atoms with Crippen LogP contribution in [0.5, 0.6) is 11.5 Å². The molecular formula is C25H27N3O4. The largest absolute Gasteiger partial charge is 0.493 e. The van der Waals surface area contributed by atoms with Crippen molar-refractivity contribution in [3.05, 3.63) is 77.7 Å². The highest BCUT2D eigenvalue weighted by molar-refractivity contribution is 6.02. The minimum absolute atomic E-state index is 0.256. The van der Waals surface area contributed by atoms with Crippen molar-refractivity contribution < 1.29 is 18.7 Å². The minimum Gasteiger partial charge on any atom is -0.493 e. The molecule has 1 N–H and O–H groups in total. The Morgan fingerprint density at radius 2 is 1.91 bits per heavy atom. The van der Waals surface area contributed by atoms with E-state index in [1.54, 1.807) is 26.4 Å². The minimum atomic E-state index is -0.256. The van der Waals surface area contributed by atoms with Crippen LogP contribution >= 0.6 is 0 Å². The van der Waals surface area contributed by atoms with Crippen molar-refractivity contribution >= 4 is 17.3 Å². The molecule has 0 saturated heterocycles. The van der Waals surface area contributed by atoms with Gasteiger partial charge >= 0.3 is 0 Å². The number of nitrogens with zero attached hydrogens (tertiary/aromatic N) is 2. The van der Waals surface area contributed by atoms with E-state index in [9.17, 15) is 4.79 Å². The summed E-state index contributed by atoms with van der Waals surface area (Å²) in [5, 5.41) is 9.83. The highest BCUT2D eigenvalue weighted by atomic mass is 16.5. The zero-order valence-electron chi connectivity index (χ0n) is 18.3. The van der Waals surface area contributed by atoms with Crippen LogP contribution < -0.4 is 14.8 Å². The Labute approximate surface area is 187 Å². The van der Waals surface area contributed by atoms with Gasteiger partial charge in [-0.05, 0) is 67.3 Å². The molecule has 1 aliphatic heterocycles.